The molecule has 0 aliphatic carbocycles. The Morgan fingerprint density at radius 3 is 2.35 bits per heavy atom. The van der Waals surface area contributed by atoms with Crippen LogP contribution in [0.1, 0.15) is 12.8 Å². The molecule has 0 unspecified atom stereocenters. The molecule has 0 spiro atoms. The van der Waals surface area contributed by atoms with E-state index in [1.807, 2.05) is 0 Å². The fraction of sp³-hybridized carbons (Fsp3) is 0.889. The zero-order chi connectivity index (χ0) is 12.5. The van der Waals surface area contributed by atoms with Crippen LogP contribution in [-0.2, 0) is 15.0 Å². The molecule has 2 aliphatic rings. The molecule has 2 aliphatic heterocycles. The van der Waals surface area contributed by atoms with E-state index in [-0.39, 0.29) is 25.0 Å². The van der Waals surface area contributed by atoms with Crippen molar-refractivity contribution in [2.75, 3.05) is 32.7 Å². The highest BCUT2D eigenvalue weighted by atomic mass is 32.2. The first-order valence-corrected chi connectivity index (χ1v) is 7.29. The van der Waals surface area contributed by atoms with Crippen LogP contribution in [0.25, 0.3) is 0 Å². The first-order chi connectivity index (χ1) is 7.98. The smallest absolute Gasteiger partial charge is 0.277 e. The summed E-state index contributed by atoms with van der Waals surface area (Å²) in [5.41, 5.74) is 0. The molecule has 17 heavy (non-hydrogen) atoms. The number of carbonyl (C=O) groups excluding carboxylic acids is 1. The Kier molecular flexibility index (Phi) is 3.67. The van der Waals surface area contributed by atoms with Crippen LogP contribution in [0.3, 0.4) is 0 Å². The third-order valence-corrected chi connectivity index (χ3v) is 4.35. The van der Waals surface area contributed by atoms with Crippen LogP contribution in [-0.4, -0.2) is 62.3 Å². The number of piperazine rings is 1. The van der Waals surface area contributed by atoms with Gasteiger partial charge in [0.1, 0.15) is 0 Å². The summed E-state index contributed by atoms with van der Waals surface area (Å²) in [4.78, 5) is 13.7. The number of rotatable bonds is 2. The SMILES string of the molecule is NS(=O)(=O)N1CCN(C(=O)[C@@H]2CCCN2)CC1. The number of carbonyl (C=O) groups is 1. The Balaban J connectivity index is 1.88. The molecule has 2 fully saturated rings. The summed E-state index contributed by atoms with van der Waals surface area (Å²) in [6.45, 7) is 2.31. The molecule has 2 saturated heterocycles. The molecule has 3 N–H and O–H groups in total. The van der Waals surface area contributed by atoms with E-state index in [0.717, 1.165) is 19.4 Å². The van der Waals surface area contributed by atoms with E-state index >= 15 is 0 Å². The van der Waals surface area contributed by atoms with Crippen molar-refractivity contribution >= 4 is 16.1 Å². The van der Waals surface area contributed by atoms with Crippen LogP contribution in [0.2, 0.25) is 0 Å². The molecule has 0 saturated carbocycles. The summed E-state index contributed by atoms with van der Waals surface area (Å²) < 4.78 is 23.4. The largest absolute Gasteiger partial charge is 0.339 e. The quantitative estimate of drug-likeness (QED) is 0.607. The van der Waals surface area contributed by atoms with E-state index in [4.69, 9.17) is 5.14 Å². The summed E-state index contributed by atoms with van der Waals surface area (Å²) in [7, 11) is -3.61. The highest BCUT2D eigenvalue weighted by Crippen LogP contribution is 2.11. The molecule has 7 nitrogen and oxygen atoms in total. The van der Waals surface area contributed by atoms with Crippen molar-refractivity contribution in [3.05, 3.63) is 0 Å². The van der Waals surface area contributed by atoms with E-state index in [1.165, 1.54) is 4.31 Å². The van der Waals surface area contributed by atoms with Gasteiger partial charge in [0.15, 0.2) is 0 Å². The van der Waals surface area contributed by atoms with Gasteiger partial charge in [-0.15, -0.1) is 0 Å². The molecular formula is C9H18N4O3S. The lowest BCUT2D eigenvalue weighted by molar-refractivity contribution is -0.134. The molecule has 2 heterocycles. The second kappa shape index (κ2) is 4.89. The monoisotopic (exact) mass is 262 g/mol. The minimum Gasteiger partial charge on any atom is -0.339 e. The Hall–Kier alpha value is -0.700. The zero-order valence-electron chi connectivity index (χ0n) is 9.63. The van der Waals surface area contributed by atoms with Gasteiger partial charge in [-0.05, 0) is 19.4 Å². The number of hydrogen-bond donors (Lipinski definition) is 2. The van der Waals surface area contributed by atoms with E-state index in [9.17, 15) is 13.2 Å². The maximum atomic E-state index is 12.0. The maximum absolute atomic E-state index is 12.0. The molecule has 0 bridgehead atoms. The standard InChI is InChI=1S/C9H18N4O3S/c10-17(15,16)13-6-4-12(5-7-13)9(14)8-2-1-3-11-8/h8,11H,1-7H2,(H2,10,15,16)/t8-/m0/s1. The summed E-state index contributed by atoms with van der Waals surface area (Å²) in [6.07, 6.45) is 1.89. The van der Waals surface area contributed by atoms with Gasteiger partial charge in [-0.2, -0.15) is 12.7 Å². The summed E-state index contributed by atoms with van der Waals surface area (Å²) in [5.74, 6) is 0.0802. The minimum atomic E-state index is -3.61. The maximum Gasteiger partial charge on any atom is 0.277 e. The Morgan fingerprint density at radius 2 is 1.88 bits per heavy atom. The van der Waals surface area contributed by atoms with Crippen molar-refractivity contribution < 1.29 is 13.2 Å². The van der Waals surface area contributed by atoms with Crippen molar-refractivity contribution in [1.29, 1.82) is 0 Å². The highest BCUT2D eigenvalue weighted by Gasteiger charge is 2.31. The second-order valence-electron chi connectivity index (χ2n) is 4.42. The lowest BCUT2D eigenvalue weighted by atomic mass is 10.2. The van der Waals surface area contributed by atoms with E-state index in [2.05, 4.69) is 5.32 Å². The molecule has 1 atom stereocenters. The predicted octanol–water partition coefficient (Wildman–Crippen LogP) is -1.91. The van der Waals surface area contributed by atoms with Gasteiger partial charge in [0.25, 0.3) is 10.2 Å². The number of hydrogen-bond acceptors (Lipinski definition) is 4. The molecule has 0 aromatic rings. The van der Waals surface area contributed by atoms with E-state index in [0.29, 0.717) is 13.1 Å². The van der Waals surface area contributed by atoms with Crippen LogP contribution >= 0.6 is 0 Å². The Morgan fingerprint density at radius 1 is 1.24 bits per heavy atom. The van der Waals surface area contributed by atoms with Gasteiger partial charge in [-0.3, -0.25) is 4.79 Å². The van der Waals surface area contributed by atoms with Crippen LogP contribution in [0.5, 0.6) is 0 Å². The Bertz CT molecular complexity index is 383. The van der Waals surface area contributed by atoms with E-state index in [1.54, 1.807) is 4.90 Å². The molecule has 1 amide bonds. The van der Waals surface area contributed by atoms with Crippen molar-refractivity contribution in [3.8, 4) is 0 Å². The zero-order valence-corrected chi connectivity index (χ0v) is 10.4. The fourth-order valence-electron chi connectivity index (χ4n) is 2.28. The van der Waals surface area contributed by atoms with Gasteiger partial charge in [0.05, 0.1) is 6.04 Å². The molecule has 0 radical (unpaired) electrons. The average Bonchev–Trinajstić information content (AvgIpc) is 2.80. The minimum absolute atomic E-state index is 0.0802. The Labute approximate surface area is 101 Å². The van der Waals surface area contributed by atoms with Gasteiger partial charge in [0, 0.05) is 26.2 Å². The summed E-state index contributed by atoms with van der Waals surface area (Å²) >= 11 is 0. The van der Waals surface area contributed by atoms with Crippen molar-refractivity contribution in [1.82, 2.24) is 14.5 Å². The number of nitrogens with two attached hydrogens (primary N) is 1. The lowest BCUT2D eigenvalue weighted by Crippen LogP contribution is -2.55. The first-order valence-electron chi connectivity index (χ1n) is 5.78. The third kappa shape index (κ3) is 2.95. The van der Waals surface area contributed by atoms with Crippen LogP contribution in [0, 0.1) is 0 Å². The topological polar surface area (TPSA) is 95.7 Å². The van der Waals surface area contributed by atoms with Crippen LogP contribution in [0.4, 0.5) is 0 Å². The van der Waals surface area contributed by atoms with Gasteiger partial charge in [-0.1, -0.05) is 0 Å². The van der Waals surface area contributed by atoms with Gasteiger partial charge < -0.3 is 10.2 Å². The van der Waals surface area contributed by atoms with Crippen molar-refractivity contribution in [2.24, 2.45) is 5.14 Å². The third-order valence-electron chi connectivity index (χ3n) is 3.27. The van der Waals surface area contributed by atoms with Gasteiger partial charge in [-0.25, -0.2) is 5.14 Å². The second-order valence-corrected chi connectivity index (χ2v) is 5.96. The fourth-order valence-corrected chi connectivity index (χ4v) is 2.95. The van der Waals surface area contributed by atoms with Crippen molar-refractivity contribution in [3.63, 3.8) is 0 Å². The molecule has 0 aromatic heterocycles. The number of nitrogens with zero attached hydrogens (tertiary/aromatic N) is 2. The average molecular weight is 262 g/mol. The number of amides is 1. The van der Waals surface area contributed by atoms with Crippen LogP contribution in [0.15, 0.2) is 0 Å². The number of nitrogens with one attached hydrogen (secondary N) is 1. The molecule has 2 rings (SSSR count). The normalized spacial score (nSPS) is 27.4. The molecule has 98 valence electrons. The highest BCUT2D eigenvalue weighted by molar-refractivity contribution is 7.86. The van der Waals surface area contributed by atoms with Gasteiger partial charge in [0.2, 0.25) is 5.91 Å². The van der Waals surface area contributed by atoms with E-state index < -0.39 is 10.2 Å². The molecular weight excluding hydrogens is 244 g/mol. The van der Waals surface area contributed by atoms with Crippen molar-refractivity contribution in [2.45, 2.75) is 18.9 Å². The van der Waals surface area contributed by atoms with Crippen LogP contribution < -0.4 is 10.5 Å². The molecule has 8 heteroatoms. The van der Waals surface area contributed by atoms with Gasteiger partial charge >= 0.3 is 0 Å². The first kappa shape index (κ1) is 12.7. The lowest BCUT2D eigenvalue weighted by Gasteiger charge is -2.34. The summed E-state index contributed by atoms with van der Waals surface area (Å²) in [6, 6.07) is -0.0870. The predicted molar refractivity (Wildman–Crippen MR) is 62.3 cm³/mol. The summed E-state index contributed by atoms with van der Waals surface area (Å²) in [5, 5.41) is 8.18. The molecule has 0 aromatic carbocycles.